The van der Waals surface area contributed by atoms with Crippen molar-refractivity contribution < 1.29 is 18.7 Å². The summed E-state index contributed by atoms with van der Waals surface area (Å²) in [6.45, 7) is 1.60. The first-order chi connectivity index (χ1) is 11.0. The van der Waals surface area contributed by atoms with E-state index in [-0.39, 0.29) is 16.9 Å². The minimum absolute atomic E-state index is 0.140. The van der Waals surface area contributed by atoms with Crippen molar-refractivity contribution in [1.82, 2.24) is 0 Å². The molecule has 0 saturated heterocycles. The molecule has 1 aromatic carbocycles. The molecule has 0 spiro atoms. The number of anilines is 1. The summed E-state index contributed by atoms with van der Waals surface area (Å²) in [4.78, 5) is 23.6. The number of hydrogen-bond acceptors (Lipinski definition) is 5. The van der Waals surface area contributed by atoms with Gasteiger partial charge in [0.25, 0.3) is 5.91 Å². The number of amides is 1. The highest BCUT2D eigenvalue weighted by molar-refractivity contribution is 6.09. The monoisotopic (exact) mass is 310 g/mol. The van der Waals surface area contributed by atoms with Crippen LogP contribution in [0.5, 0.6) is 0 Å². The van der Waals surface area contributed by atoms with Crippen LogP contribution in [0.2, 0.25) is 0 Å². The molecule has 6 nitrogen and oxygen atoms in total. The van der Waals surface area contributed by atoms with Crippen molar-refractivity contribution >= 4 is 23.6 Å². The highest BCUT2D eigenvalue weighted by atomic mass is 16.5. The molecule has 0 aliphatic carbocycles. The van der Waals surface area contributed by atoms with Crippen molar-refractivity contribution in [3.63, 3.8) is 0 Å². The molecule has 0 saturated carbocycles. The molecule has 0 unspecified atom stereocenters. The Kier molecular flexibility index (Phi) is 4.95. The fourth-order valence-electron chi connectivity index (χ4n) is 1.90. The number of rotatable bonds is 4. The number of esters is 1. The average molecular weight is 310 g/mol. The maximum atomic E-state index is 12.1. The lowest BCUT2D eigenvalue weighted by molar-refractivity contribution is -0.112. The van der Waals surface area contributed by atoms with E-state index in [0.29, 0.717) is 11.4 Å². The van der Waals surface area contributed by atoms with Crippen molar-refractivity contribution in [1.29, 1.82) is 5.26 Å². The molecule has 6 heteroatoms. The fraction of sp³-hybridized carbons (Fsp3) is 0.118. The van der Waals surface area contributed by atoms with Gasteiger partial charge in [-0.05, 0) is 25.1 Å². The molecule has 116 valence electrons. The predicted octanol–water partition coefficient (Wildman–Crippen LogP) is 2.92. The van der Waals surface area contributed by atoms with E-state index in [4.69, 9.17) is 9.68 Å². The first-order valence-electron chi connectivity index (χ1n) is 6.72. The van der Waals surface area contributed by atoms with E-state index in [1.165, 1.54) is 19.3 Å². The Bertz CT molecular complexity index is 798. The van der Waals surface area contributed by atoms with E-state index in [0.717, 1.165) is 0 Å². The SMILES string of the molecule is COC(=O)c1cc(/C=C(\C#N)C(=O)Nc2ccccc2)oc1C. The van der Waals surface area contributed by atoms with Crippen LogP contribution in [0.3, 0.4) is 0 Å². The number of ether oxygens (including phenoxy) is 1. The molecule has 1 amide bonds. The number of carbonyl (C=O) groups excluding carboxylic acids is 2. The van der Waals surface area contributed by atoms with E-state index in [2.05, 4.69) is 10.1 Å². The number of methoxy groups -OCH3 is 1. The van der Waals surface area contributed by atoms with Crippen LogP contribution in [-0.4, -0.2) is 19.0 Å². The third kappa shape index (κ3) is 3.86. The number of hydrogen-bond donors (Lipinski definition) is 1. The van der Waals surface area contributed by atoms with Gasteiger partial charge in [-0.1, -0.05) is 18.2 Å². The number of para-hydroxylation sites is 1. The topological polar surface area (TPSA) is 92.3 Å². The molecule has 1 N–H and O–H groups in total. The summed E-state index contributed by atoms with van der Waals surface area (Å²) < 4.78 is 9.99. The molecular formula is C17H14N2O4. The molecule has 0 fully saturated rings. The zero-order valence-electron chi connectivity index (χ0n) is 12.6. The number of nitriles is 1. The van der Waals surface area contributed by atoms with Gasteiger partial charge in [0.15, 0.2) is 0 Å². The second-order valence-corrected chi connectivity index (χ2v) is 4.60. The Balaban J connectivity index is 2.24. The zero-order valence-corrected chi connectivity index (χ0v) is 12.6. The molecule has 23 heavy (non-hydrogen) atoms. The van der Waals surface area contributed by atoms with Gasteiger partial charge >= 0.3 is 5.97 Å². The molecule has 1 aromatic heterocycles. The van der Waals surface area contributed by atoms with Crippen LogP contribution in [0.4, 0.5) is 5.69 Å². The summed E-state index contributed by atoms with van der Waals surface area (Å²) >= 11 is 0. The van der Waals surface area contributed by atoms with Crippen LogP contribution >= 0.6 is 0 Å². The Labute approximate surface area is 133 Å². The molecule has 0 atom stereocenters. The van der Waals surface area contributed by atoms with Crippen LogP contribution in [0, 0.1) is 18.3 Å². The summed E-state index contributed by atoms with van der Waals surface area (Å²) in [6, 6.07) is 12.0. The van der Waals surface area contributed by atoms with Gasteiger partial charge in [0.05, 0.1) is 7.11 Å². The van der Waals surface area contributed by atoms with Crippen molar-refractivity contribution in [2.75, 3.05) is 12.4 Å². The number of aryl methyl sites for hydroxylation is 1. The first-order valence-corrected chi connectivity index (χ1v) is 6.72. The molecular weight excluding hydrogens is 296 g/mol. The van der Waals surface area contributed by atoms with E-state index in [1.807, 2.05) is 12.1 Å². The van der Waals surface area contributed by atoms with E-state index >= 15 is 0 Å². The minimum Gasteiger partial charge on any atom is -0.465 e. The standard InChI is InChI=1S/C17H14N2O4/c1-11-15(17(21)22-2)9-14(23-11)8-12(10-18)16(20)19-13-6-4-3-5-7-13/h3-9H,1-2H3,(H,19,20)/b12-8+. The minimum atomic E-state index is -0.563. The van der Waals surface area contributed by atoms with Crippen molar-refractivity contribution in [3.8, 4) is 6.07 Å². The normalized spacial score (nSPS) is 10.7. The van der Waals surface area contributed by atoms with Crippen molar-refractivity contribution in [3.05, 3.63) is 59.1 Å². The van der Waals surface area contributed by atoms with Gasteiger partial charge in [0.1, 0.15) is 28.7 Å². The fourth-order valence-corrected chi connectivity index (χ4v) is 1.90. The third-order valence-electron chi connectivity index (χ3n) is 3.03. The van der Waals surface area contributed by atoms with Crippen molar-refractivity contribution in [2.45, 2.75) is 6.92 Å². The van der Waals surface area contributed by atoms with E-state index < -0.39 is 11.9 Å². The number of furan rings is 1. The lowest BCUT2D eigenvalue weighted by Gasteiger charge is -2.02. The Morgan fingerprint density at radius 3 is 2.61 bits per heavy atom. The van der Waals surface area contributed by atoms with E-state index in [9.17, 15) is 9.59 Å². The van der Waals surface area contributed by atoms with Crippen LogP contribution in [-0.2, 0) is 9.53 Å². The van der Waals surface area contributed by atoms with Gasteiger partial charge in [0, 0.05) is 11.8 Å². The Morgan fingerprint density at radius 2 is 2.00 bits per heavy atom. The number of benzene rings is 1. The first kappa shape index (κ1) is 16.0. The summed E-state index contributed by atoms with van der Waals surface area (Å²) in [5.41, 5.74) is 0.683. The molecule has 0 aliphatic heterocycles. The summed E-state index contributed by atoms with van der Waals surface area (Å²) in [7, 11) is 1.26. The molecule has 0 aliphatic rings. The highest BCUT2D eigenvalue weighted by Gasteiger charge is 2.16. The van der Waals surface area contributed by atoms with Crippen LogP contribution in [0.1, 0.15) is 21.9 Å². The number of carbonyl (C=O) groups is 2. The molecule has 0 radical (unpaired) electrons. The van der Waals surface area contributed by atoms with Gasteiger partial charge in [-0.2, -0.15) is 5.26 Å². The maximum absolute atomic E-state index is 12.1. The quantitative estimate of drug-likeness (QED) is 0.532. The van der Waals surface area contributed by atoms with Crippen LogP contribution < -0.4 is 5.32 Å². The van der Waals surface area contributed by atoms with Crippen LogP contribution in [0.25, 0.3) is 6.08 Å². The van der Waals surface area contributed by atoms with Gasteiger partial charge < -0.3 is 14.5 Å². The summed E-state index contributed by atoms with van der Waals surface area (Å²) in [5, 5.41) is 11.8. The van der Waals surface area contributed by atoms with Crippen LogP contribution in [0.15, 0.2) is 46.4 Å². The summed E-state index contributed by atoms with van der Waals surface area (Å²) in [5.74, 6) is -0.531. The number of nitrogens with zero attached hydrogens (tertiary/aromatic N) is 1. The van der Waals surface area contributed by atoms with Gasteiger partial charge in [0.2, 0.25) is 0 Å². The highest BCUT2D eigenvalue weighted by Crippen LogP contribution is 2.18. The second kappa shape index (κ2) is 7.09. The molecule has 2 rings (SSSR count). The predicted molar refractivity (Wildman–Crippen MR) is 83.4 cm³/mol. The maximum Gasteiger partial charge on any atom is 0.341 e. The Hall–Kier alpha value is -3.33. The number of nitrogens with one attached hydrogen (secondary N) is 1. The van der Waals surface area contributed by atoms with Crippen molar-refractivity contribution in [2.24, 2.45) is 0 Å². The largest absolute Gasteiger partial charge is 0.465 e. The lowest BCUT2D eigenvalue weighted by atomic mass is 10.2. The average Bonchev–Trinajstić information content (AvgIpc) is 2.93. The molecule has 1 heterocycles. The van der Waals surface area contributed by atoms with Gasteiger partial charge in [-0.3, -0.25) is 4.79 Å². The second-order valence-electron chi connectivity index (χ2n) is 4.60. The smallest absolute Gasteiger partial charge is 0.341 e. The summed E-state index contributed by atoms with van der Waals surface area (Å²) in [6.07, 6.45) is 1.28. The van der Waals surface area contributed by atoms with Gasteiger partial charge in [-0.25, -0.2) is 4.79 Å². The molecule has 0 bridgehead atoms. The zero-order chi connectivity index (χ0) is 16.8. The van der Waals surface area contributed by atoms with E-state index in [1.54, 1.807) is 31.2 Å². The molecule has 2 aromatic rings. The Morgan fingerprint density at radius 1 is 1.30 bits per heavy atom. The van der Waals surface area contributed by atoms with Gasteiger partial charge in [-0.15, -0.1) is 0 Å². The third-order valence-corrected chi connectivity index (χ3v) is 3.03. The lowest BCUT2D eigenvalue weighted by Crippen LogP contribution is -2.13.